The lowest BCUT2D eigenvalue weighted by Crippen LogP contribution is -2.04. The van der Waals surface area contributed by atoms with Crippen LogP contribution in [0.1, 0.15) is 28.7 Å². The molecule has 0 spiro atoms. The predicted octanol–water partition coefficient (Wildman–Crippen LogP) is 3.71. The van der Waals surface area contributed by atoms with Crippen molar-refractivity contribution in [2.24, 2.45) is 0 Å². The van der Waals surface area contributed by atoms with E-state index in [1.807, 2.05) is 0 Å². The first-order valence-electron chi connectivity index (χ1n) is 6.21. The standard InChI is InChI=1S/C15H12ClNO4/c16-11-2-1-3-12(8-11)20-7-6-10(9-17)13-4-5-14(21-13)15(18)19/h1-5,8,10H,6-7H2,(H,18,19). The van der Waals surface area contributed by atoms with Crippen LogP contribution in [-0.4, -0.2) is 17.7 Å². The van der Waals surface area contributed by atoms with Gasteiger partial charge in [-0.05, 0) is 30.3 Å². The number of carboxylic acids is 1. The Bertz CT molecular complexity index is 674. The topological polar surface area (TPSA) is 83.5 Å². The summed E-state index contributed by atoms with van der Waals surface area (Å²) in [6.45, 7) is 0.293. The van der Waals surface area contributed by atoms with Crippen LogP contribution in [0, 0.1) is 11.3 Å². The molecule has 6 heteroatoms. The zero-order chi connectivity index (χ0) is 15.2. The zero-order valence-electron chi connectivity index (χ0n) is 11.0. The Morgan fingerprint density at radius 1 is 1.43 bits per heavy atom. The SMILES string of the molecule is N#CC(CCOc1cccc(Cl)c1)c1ccc(C(=O)O)o1. The molecule has 1 atom stereocenters. The summed E-state index contributed by atoms with van der Waals surface area (Å²) in [7, 11) is 0. The maximum absolute atomic E-state index is 10.7. The largest absolute Gasteiger partial charge is 0.493 e. The molecule has 108 valence electrons. The van der Waals surface area contributed by atoms with Gasteiger partial charge >= 0.3 is 5.97 Å². The van der Waals surface area contributed by atoms with Crippen molar-refractivity contribution in [1.29, 1.82) is 5.26 Å². The summed E-state index contributed by atoms with van der Waals surface area (Å²) in [6.07, 6.45) is 0.385. The number of rotatable bonds is 6. The molecule has 0 fully saturated rings. The van der Waals surface area contributed by atoms with Crippen molar-refractivity contribution in [3.05, 3.63) is 52.9 Å². The summed E-state index contributed by atoms with van der Waals surface area (Å²) >= 11 is 5.84. The third-order valence-corrected chi connectivity index (χ3v) is 3.04. The van der Waals surface area contributed by atoms with Gasteiger partial charge in [0, 0.05) is 11.4 Å². The third kappa shape index (κ3) is 4.01. The van der Waals surface area contributed by atoms with Gasteiger partial charge in [0.25, 0.3) is 0 Å². The summed E-state index contributed by atoms with van der Waals surface area (Å²) in [6, 6.07) is 11.9. The Balaban J connectivity index is 1.93. The van der Waals surface area contributed by atoms with E-state index in [9.17, 15) is 4.79 Å². The Morgan fingerprint density at radius 2 is 2.24 bits per heavy atom. The predicted molar refractivity (Wildman–Crippen MR) is 75.6 cm³/mol. The Kier molecular flexibility index (Phi) is 4.85. The molecule has 0 aliphatic heterocycles. The number of furan rings is 1. The van der Waals surface area contributed by atoms with Gasteiger partial charge in [0.15, 0.2) is 0 Å². The molecule has 0 aliphatic carbocycles. The van der Waals surface area contributed by atoms with Gasteiger partial charge < -0.3 is 14.3 Å². The van der Waals surface area contributed by atoms with Gasteiger partial charge in [0.05, 0.1) is 12.7 Å². The lowest BCUT2D eigenvalue weighted by atomic mass is 10.1. The second-order valence-electron chi connectivity index (χ2n) is 4.28. The molecule has 0 aliphatic rings. The van der Waals surface area contributed by atoms with Crippen molar-refractivity contribution in [3.63, 3.8) is 0 Å². The number of benzene rings is 1. The Labute approximate surface area is 126 Å². The van der Waals surface area contributed by atoms with Crippen molar-refractivity contribution in [3.8, 4) is 11.8 Å². The average molecular weight is 306 g/mol. The minimum Gasteiger partial charge on any atom is -0.493 e. The second kappa shape index (κ2) is 6.82. The minimum atomic E-state index is -1.16. The van der Waals surface area contributed by atoms with E-state index < -0.39 is 11.9 Å². The first-order valence-corrected chi connectivity index (χ1v) is 6.59. The van der Waals surface area contributed by atoms with E-state index in [0.717, 1.165) is 0 Å². The van der Waals surface area contributed by atoms with Crippen molar-refractivity contribution < 1.29 is 19.1 Å². The van der Waals surface area contributed by atoms with E-state index in [1.165, 1.54) is 12.1 Å². The molecule has 1 aromatic carbocycles. The van der Waals surface area contributed by atoms with Crippen LogP contribution in [-0.2, 0) is 0 Å². The zero-order valence-corrected chi connectivity index (χ0v) is 11.7. The number of carbonyl (C=O) groups is 1. The number of hydrogen-bond donors (Lipinski definition) is 1. The van der Waals surface area contributed by atoms with Gasteiger partial charge in [0.1, 0.15) is 17.4 Å². The Morgan fingerprint density at radius 3 is 2.86 bits per heavy atom. The molecule has 1 N–H and O–H groups in total. The van der Waals surface area contributed by atoms with Crippen molar-refractivity contribution in [2.75, 3.05) is 6.61 Å². The number of ether oxygens (including phenoxy) is 1. The van der Waals surface area contributed by atoms with E-state index in [4.69, 9.17) is 31.1 Å². The number of nitriles is 1. The Hall–Kier alpha value is -2.45. The van der Waals surface area contributed by atoms with E-state index in [-0.39, 0.29) is 5.76 Å². The molecular formula is C15H12ClNO4. The minimum absolute atomic E-state index is 0.180. The fraction of sp³-hybridized carbons (Fsp3) is 0.200. The molecule has 0 bridgehead atoms. The summed E-state index contributed by atoms with van der Waals surface area (Å²) in [5.41, 5.74) is 0. The van der Waals surface area contributed by atoms with Gasteiger partial charge in [-0.3, -0.25) is 0 Å². The molecule has 0 amide bonds. The number of hydrogen-bond acceptors (Lipinski definition) is 4. The fourth-order valence-electron chi connectivity index (χ4n) is 1.78. The summed E-state index contributed by atoms with van der Waals surface area (Å²) in [5, 5.41) is 18.5. The number of carboxylic acid groups (broad SMARTS) is 1. The van der Waals surface area contributed by atoms with Crippen LogP contribution in [0.25, 0.3) is 0 Å². The molecule has 1 aromatic heterocycles. The number of nitrogens with zero attached hydrogens (tertiary/aromatic N) is 1. The molecular weight excluding hydrogens is 294 g/mol. The number of aromatic carboxylic acids is 1. The molecule has 0 radical (unpaired) electrons. The molecule has 2 rings (SSSR count). The van der Waals surface area contributed by atoms with Crippen LogP contribution in [0.2, 0.25) is 5.02 Å². The third-order valence-electron chi connectivity index (χ3n) is 2.81. The average Bonchev–Trinajstić information content (AvgIpc) is 2.93. The highest BCUT2D eigenvalue weighted by molar-refractivity contribution is 6.30. The quantitative estimate of drug-likeness (QED) is 0.879. The summed E-state index contributed by atoms with van der Waals surface area (Å²) in [4.78, 5) is 10.7. The van der Waals surface area contributed by atoms with Crippen molar-refractivity contribution >= 4 is 17.6 Å². The van der Waals surface area contributed by atoms with Gasteiger partial charge in [-0.1, -0.05) is 17.7 Å². The van der Waals surface area contributed by atoms with E-state index in [1.54, 1.807) is 24.3 Å². The van der Waals surface area contributed by atoms with Crippen LogP contribution in [0.4, 0.5) is 0 Å². The van der Waals surface area contributed by atoms with Gasteiger partial charge in [-0.2, -0.15) is 5.26 Å². The lowest BCUT2D eigenvalue weighted by Gasteiger charge is -2.08. The highest BCUT2D eigenvalue weighted by Gasteiger charge is 2.17. The summed E-state index contributed by atoms with van der Waals surface area (Å²) in [5.74, 6) is -0.958. The second-order valence-corrected chi connectivity index (χ2v) is 4.72. The smallest absolute Gasteiger partial charge is 0.371 e. The molecule has 2 aromatic rings. The highest BCUT2D eigenvalue weighted by atomic mass is 35.5. The lowest BCUT2D eigenvalue weighted by molar-refractivity contribution is 0.0660. The first kappa shape index (κ1) is 14.9. The molecule has 21 heavy (non-hydrogen) atoms. The summed E-state index contributed by atoms with van der Waals surface area (Å²) < 4.78 is 10.6. The van der Waals surface area contributed by atoms with Crippen LogP contribution < -0.4 is 4.74 Å². The van der Waals surface area contributed by atoms with Gasteiger partial charge in [-0.25, -0.2) is 4.79 Å². The van der Waals surface area contributed by atoms with E-state index in [2.05, 4.69) is 6.07 Å². The highest BCUT2D eigenvalue weighted by Crippen LogP contribution is 2.23. The molecule has 5 nitrogen and oxygen atoms in total. The maximum Gasteiger partial charge on any atom is 0.371 e. The van der Waals surface area contributed by atoms with Crippen LogP contribution in [0.3, 0.4) is 0 Å². The maximum atomic E-state index is 10.7. The molecule has 1 unspecified atom stereocenters. The molecule has 1 heterocycles. The first-order chi connectivity index (χ1) is 10.1. The van der Waals surface area contributed by atoms with E-state index in [0.29, 0.717) is 29.6 Å². The van der Waals surface area contributed by atoms with Gasteiger partial charge in [-0.15, -0.1) is 0 Å². The normalized spacial score (nSPS) is 11.6. The van der Waals surface area contributed by atoms with Crippen molar-refractivity contribution in [1.82, 2.24) is 0 Å². The molecule has 0 saturated heterocycles. The number of halogens is 1. The van der Waals surface area contributed by atoms with Crippen molar-refractivity contribution in [2.45, 2.75) is 12.3 Å². The van der Waals surface area contributed by atoms with Crippen LogP contribution in [0.15, 0.2) is 40.8 Å². The fourth-order valence-corrected chi connectivity index (χ4v) is 1.96. The van der Waals surface area contributed by atoms with E-state index >= 15 is 0 Å². The van der Waals surface area contributed by atoms with Crippen LogP contribution in [0.5, 0.6) is 5.75 Å². The van der Waals surface area contributed by atoms with Gasteiger partial charge in [0.2, 0.25) is 5.76 Å². The van der Waals surface area contributed by atoms with Crippen LogP contribution >= 0.6 is 11.6 Å². The monoisotopic (exact) mass is 305 g/mol. The molecule has 0 saturated carbocycles.